The number of hydrogen-bond donors (Lipinski definition) is 2. The Morgan fingerprint density at radius 2 is 1.93 bits per heavy atom. The molecule has 1 amide bonds. The topological polar surface area (TPSA) is 74.6 Å². The summed E-state index contributed by atoms with van der Waals surface area (Å²) in [7, 11) is 0. The van der Waals surface area contributed by atoms with E-state index in [1.807, 2.05) is 6.07 Å². The average molecular weight is 515 g/mol. The maximum absolute atomic E-state index is 12.9. The lowest BCUT2D eigenvalue weighted by atomic mass is 10.1. The van der Waals surface area contributed by atoms with Crippen LogP contribution in [0.2, 0.25) is 0 Å². The molecule has 2 N–H and O–H groups in total. The summed E-state index contributed by atoms with van der Waals surface area (Å²) in [5.41, 5.74) is -0.417. The van der Waals surface area contributed by atoms with E-state index >= 15 is 0 Å². The van der Waals surface area contributed by atoms with E-state index < -0.39 is 17.6 Å². The summed E-state index contributed by atoms with van der Waals surface area (Å²) < 4.78 is 39.5. The molecule has 10 heteroatoms. The number of halogens is 4. The highest BCUT2D eigenvalue weighted by atomic mass is 127. The number of alkyl halides is 3. The first-order valence-electron chi connectivity index (χ1n) is 7.80. The summed E-state index contributed by atoms with van der Waals surface area (Å²) in [5.74, 6) is -0.883. The molecule has 0 atom stereocenters. The van der Waals surface area contributed by atoms with Crippen molar-refractivity contribution in [1.82, 2.24) is 4.98 Å². The number of nitrogens with one attached hydrogen (secondary N) is 1. The number of benzene rings is 2. The number of thiazole rings is 1. The molecule has 0 spiro atoms. The fourth-order valence-corrected chi connectivity index (χ4v) is 4.15. The van der Waals surface area contributed by atoms with Gasteiger partial charge in [-0.15, -0.1) is 0 Å². The standard InChI is InChI=1S/C18H9F3IN3O2S/c19-18(20,21)8-2-1-3-10(6-8)23-17-25-16(27)14(28-17)13-11-7-9(22)4-5-12(11)24-15(13)26/h1-7,27H,(H,23,25). The molecule has 0 aliphatic carbocycles. The molecular formula is C18H9F3IN3O2S. The molecule has 5 nitrogen and oxygen atoms in total. The zero-order valence-corrected chi connectivity index (χ0v) is 16.7. The Bertz CT molecular complexity index is 1240. The second-order valence-electron chi connectivity index (χ2n) is 5.83. The maximum atomic E-state index is 12.9. The molecule has 142 valence electrons. The van der Waals surface area contributed by atoms with Crippen molar-refractivity contribution in [2.75, 3.05) is 5.32 Å². The number of carbonyl (C=O) groups is 1. The van der Waals surface area contributed by atoms with Crippen LogP contribution in [0, 0.1) is 3.57 Å². The molecule has 1 aliphatic heterocycles. The Hall–Kier alpha value is -2.47. The molecule has 0 radical (unpaired) electrons. The van der Waals surface area contributed by atoms with Gasteiger partial charge >= 0.3 is 6.18 Å². The summed E-state index contributed by atoms with van der Waals surface area (Å²) in [5, 5.41) is 14.2. The Kier molecular flexibility index (Phi) is 4.62. The second-order valence-corrected chi connectivity index (χ2v) is 8.07. The van der Waals surface area contributed by atoms with Crippen LogP contribution < -0.4 is 15.9 Å². The average Bonchev–Trinajstić information content (AvgIpc) is 3.12. The summed E-state index contributed by atoms with van der Waals surface area (Å²) in [4.78, 5) is 20.5. The molecule has 4 rings (SSSR count). The van der Waals surface area contributed by atoms with Crippen molar-refractivity contribution >= 4 is 56.2 Å². The molecule has 0 saturated heterocycles. The minimum absolute atomic E-state index is 0.159. The van der Waals surface area contributed by atoms with Gasteiger partial charge in [0.15, 0.2) is 5.13 Å². The van der Waals surface area contributed by atoms with E-state index in [1.165, 1.54) is 12.1 Å². The van der Waals surface area contributed by atoms with Gasteiger partial charge in [-0.05, 0) is 59.0 Å². The Morgan fingerprint density at radius 3 is 2.68 bits per heavy atom. The lowest BCUT2D eigenvalue weighted by Crippen LogP contribution is -2.23. The van der Waals surface area contributed by atoms with Gasteiger partial charge in [-0.1, -0.05) is 17.4 Å². The number of nitrogens with zero attached hydrogens (tertiary/aromatic N) is 2. The molecule has 1 aliphatic rings. The molecule has 28 heavy (non-hydrogen) atoms. The van der Waals surface area contributed by atoms with E-state index in [4.69, 9.17) is 0 Å². The summed E-state index contributed by atoms with van der Waals surface area (Å²) in [6, 6.07) is 9.93. The Labute approximate surface area is 173 Å². The zero-order valence-electron chi connectivity index (χ0n) is 13.7. The van der Waals surface area contributed by atoms with E-state index in [2.05, 4.69) is 37.9 Å². The number of amides is 1. The Balaban J connectivity index is 1.74. The first-order chi connectivity index (χ1) is 13.2. The van der Waals surface area contributed by atoms with Gasteiger partial charge in [0.05, 0.1) is 16.5 Å². The van der Waals surface area contributed by atoms with E-state index in [0.29, 0.717) is 10.6 Å². The molecule has 2 aromatic carbocycles. The number of rotatable bonds is 3. The monoisotopic (exact) mass is 515 g/mol. The van der Waals surface area contributed by atoms with Crippen LogP contribution >= 0.6 is 33.9 Å². The molecule has 1 aromatic heterocycles. The highest BCUT2D eigenvalue weighted by Gasteiger charge is 2.30. The van der Waals surface area contributed by atoms with Crippen LogP contribution in [-0.2, 0) is 11.0 Å². The molecule has 0 unspecified atom stereocenters. The lowest BCUT2D eigenvalue weighted by molar-refractivity contribution is -0.137. The number of aromatic nitrogens is 1. The minimum Gasteiger partial charge on any atom is -0.492 e. The smallest absolute Gasteiger partial charge is 0.416 e. The van der Waals surface area contributed by atoms with Crippen molar-refractivity contribution < 1.29 is 23.1 Å². The van der Waals surface area contributed by atoms with Crippen molar-refractivity contribution in [2.24, 2.45) is 4.99 Å². The van der Waals surface area contributed by atoms with Gasteiger partial charge in [0.2, 0.25) is 5.88 Å². The van der Waals surface area contributed by atoms with E-state index in [1.54, 1.807) is 12.1 Å². The third-order valence-electron chi connectivity index (χ3n) is 3.94. The molecule has 0 fully saturated rings. The van der Waals surface area contributed by atoms with E-state index in [0.717, 1.165) is 27.0 Å². The lowest BCUT2D eigenvalue weighted by Gasteiger charge is -2.08. The summed E-state index contributed by atoms with van der Waals surface area (Å²) in [6.45, 7) is 0. The molecule has 0 bridgehead atoms. The van der Waals surface area contributed by atoms with Crippen LogP contribution in [0.15, 0.2) is 47.5 Å². The Morgan fingerprint density at radius 1 is 1.14 bits per heavy atom. The van der Waals surface area contributed by atoms with Crippen LogP contribution in [0.3, 0.4) is 0 Å². The van der Waals surface area contributed by atoms with Crippen molar-refractivity contribution in [2.45, 2.75) is 6.18 Å². The van der Waals surface area contributed by atoms with Gasteiger partial charge in [-0.2, -0.15) is 18.2 Å². The van der Waals surface area contributed by atoms with Gasteiger partial charge in [0, 0.05) is 14.5 Å². The van der Waals surface area contributed by atoms with Gasteiger partial charge < -0.3 is 10.4 Å². The quantitative estimate of drug-likeness (QED) is 0.524. The highest BCUT2D eigenvalue weighted by molar-refractivity contribution is 14.1. The zero-order chi connectivity index (χ0) is 20.1. The largest absolute Gasteiger partial charge is 0.492 e. The van der Waals surface area contributed by atoms with Crippen LogP contribution in [0.5, 0.6) is 5.88 Å². The van der Waals surface area contributed by atoms with Gasteiger partial charge in [-0.25, -0.2) is 4.99 Å². The van der Waals surface area contributed by atoms with E-state index in [9.17, 15) is 23.1 Å². The van der Waals surface area contributed by atoms with E-state index in [-0.39, 0.29) is 27.1 Å². The highest BCUT2D eigenvalue weighted by Crippen LogP contribution is 2.36. The van der Waals surface area contributed by atoms with Gasteiger partial charge in [-0.3, -0.25) is 4.79 Å². The first-order valence-corrected chi connectivity index (χ1v) is 9.69. The van der Waals surface area contributed by atoms with Crippen molar-refractivity contribution in [1.29, 1.82) is 0 Å². The fraction of sp³-hybridized carbons (Fsp3) is 0.0556. The number of anilines is 2. The van der Waals surface area contributed by atoms with Gasteiger partial charge in [0.25, 0.3) is 5.91 Å². The molecule has 0 saturated carbocycles. The van der Waals surface area contributed by atoms with Crippen molar-refractivity contribution in [3.63, 3.8) is 0 Å². The predicted octanol–water partition coefficient (Wildman–Crippen LogP) is 3.57. The first kappa shape index (κ1) is 18.9. The predicted molar refractivity (Wildman–Crippen MR) is 106 cm³/mol. The second kappa shape index (κ2) is 6.85. The number of fused-ring (bicyclic) bond motifs is 1. The maximum Gasteiger partial charge on any atom is 0.416 e. The van der Waals surface area contributed by atoms with Crippen LogP contribution in [0.25, 0.3) is 5.57 Å². The SMILES string of the molecule is O=C1N=c2ccc(I)cc2=C1c1sc(Nc2cccc(C(F)(F)F)c2)nc1O. The van der Waals surface area contributed by atoms with Crippen LogP contribution in [-0.4, -0.2) is 16.0 Å². The van der Waals surface area contributed by atoms with Crippen molar-refractivity contribution in [3.05, 3.63) is 67.1 Å². The molecule has 2 heterocycles. The van der Waals surface area contributed by atoms with Crippen molar-refractivity contribution in [3.8, 4) is 5.88 Å². The number of aromatic hydroxyl groups is 1. The van der Waals surface area contributed by atoms with Gasteiger partial charge in [0.1, 0.15) is 4.88 Å². The summed E-state index contributed by atoms with van der Waals surface area (Å²) in [6.07, 6.45) is -4.47. The normalized spacial score (nSPS) is 13.4. The molecular weight excluding hydrogens is 506 g/mol. The number of carbonyl (C=O) groups excluding carboxylic acids is 1. The van der Waals surface area contributed by atoms with Crippen LogP contribution in [0.1, 0.15) is 10.4 Å². The third-order valence-corrected chi connectivity index (χ3v) is 5.59. The number of hydrogen-bond acceptors (Lipinski definition) is 5. The van der Waals surface area contributed by atoms with Crippen LogP contribution in [0.4, 0.5) is 24.0 Å². The molecule has 3 aromatic rings. The third kappa shape index (κ3) is 3.49. The summed E-state index contributed by atoms with van der Waals surface area (Å²) >= 11 is 3.07. The fourth-order valence-electron chi connectivity index (χ4n) is 2.73. The minimum atomic E-state index is -4.47.